The third-order valence-electron chi connectivity index (χ3n) is 4.04. The fourth-order valence-electron chi connectivity index (χ4n) is 3.21. The van der Waals surface area contributed by atoms with Gasteiger partial charge in [0.25, 0.3) is 0 Å². The van der Waals surface area contributed by atoms with Crippen LogP contribution in [0, 0.1) is 11.2 Å². The Morgan fingerprint density at radius 3 is 2.74 bits per heavy atom. The fourth-order valence-corrected chi connectivity index (χ4v) is 3.37. The van der Waals surface area contributed by atoms with Gasteiger partial charge < -0.3 is 11.1 Å². The number of anilines is 1. The molecular weight excluding hydrogens is 263 g/mol. The summed E-state index contributed by atoms with van der Waals surface area (Å²) >= 11 is 6.14. The van der Waals surface area contributed by atoms with Gasteiger partial charge in [-0.15, -0.1) is 0 Å². The zero-order valence-electron chi connectivity index (χ0n) is 11.6. The van der Waals surface area contributed by atoms with Gasteiger partial charge in [-0.25, -0.2) is 4.39 Å². The van der Waals surface area contributed by atoms with Crippen molar-refractivity contribution in [2.75, 3.05) is 11.9 Å². The van der Waals surface area contributed by atoms with Gasteiger partial charge in [-0.3, -0.25) is 0 Å². The quantitative estimate of drug-likeness (QED) is 0.873. The number of hydrogen-bond donors (Lipinski definition) is 2. The van der Waals surface area contributed by atoms with E-state index in [1.54, 1.807) is 6.07 Å². The highest BCUT2D eigenvalue weighted by Gasteiger charge is 2.39. The van der Waals surface area contributed by atoms with Crippen LogP contribution in [0.4, 0.5) is 10.1 Å². The molecule has 4 heteroatoms. The van der Waals surface area contributed by atoms with Gasteiger partial charge in [-0.1, -0.05) is 31.9 Å². The van der Waals surface area contributed by atoms with Crippen LogP contribution < -0.4 is 11.1 Å². The molecule has 1 fully saturated rings. The monoisotopic (exact) mass is 284 g/mol. The molecule has 1 unspecified atom stereocenters. The lowest BCUT2D eigenvalue weighted by atomic mass is 9.68. The highest BCUT2D eigenvalue weighted by molar-refractivity contribution is 6.33. The van der Waals surface area contributed by atoms with Crippen molar-refractivity contribution in [1.29, 1.82) is 0 Å². The van der Waals surface area contributed by atoms with Crippen molar-refractivity contribution in [1.82, 2.24) is 0 Å². The van der Waals surface area contributed by atoms with E-state index in [9.17, 15) is 4.39 Å². The molecule has 1 aromatic carbocycles. The molecule has 0 aromatic heterocycles. The first-order chi connectivity index (χ1) is 8.86. The third-order valence-corrected chi connectivity index (χ3v) is 4.37. The van der Waals surface area contributed by atoms with Gasteiger partial charge in [0.2, 0.25) is 0 Å². The lowest BCUT2D eigenvalue weighted by molar-refractivity contribution is 0.170. The van der Waals surface area contributed by atoms with Crippen LogP contribution in [0.15, 0.2) is 18.2 Å². The number of nitrogens with two attached hydrogens (primary N) is 1. The number of halogens is 2. The van der Waals surface area contributed by atoms with Crippen LogP contribution in [-0.2, 0) is 0 Å². The maximum absolute atomic E-state index is 13.4. The summed E-state index contributed by atoms with van der Waals surface area (Å²) in [4.78, 5) is 0. The standard InChI is InChI=1S/C15H22ClFN2/c1-14(2)6-3-7-15(9-14,10-18)19-13-8-11(17)4-5-12(13)16/h4-5,8,19H,3,6-7,9-10,18H2,1-2H3. The third kappa shape index (κ3) is 3.40. The van der Waals surface area contributed by atoms with Crippen LogP contribution in [0.2, 0.25) is 5.02 Å². The Balaban J connectivity index is 2.25. The van der Waals surface area contributed by atoms with E-state index in [-0.39, 0.29) is 16.8 Å². The van der Waals surface area contributed by atoms with Crippen LogP contribution in [0.1, 0.15) is 39.5 Å². The van der Waals surface area contributed by atoms with Crippen molar-refractivity contribution < 1.29 is 4.39 Å². The number of hydrogen-bond acceptors (Lipinski definition) is 2. The summed E-state index contributed by atoms with van der Waals surface area (Å²) in [6.07, 6.45) is 4.31. The predicted octanol–water partition coefficient (Wildman–Crippen LogP) is 4.19. The first kappa shape index (κ1) is 14.6. The van der Waals surface area contributed by atoms with Gasteiger partial charge in [0.1, 0.15) is 5.82 Å². The zero-order chi connectivity index (χ0) is 14.1. The van der Waals surface area contributed by atoms with E-state index in [2.05, 4.69) is 19.2 Å². The number of nitrogens with one attached hydrogen (secondary N) is 1. The molecule has 0 saturated heterocycles. The normalized spacial score (nSPS) is 26.2. The number of rotatable bonds is 3. The molecule has 0 heterocycles. The lowest BCUT2D eigenvalue weighted by Gasteiger charge is -2.45. The Hall–Kier alpha value is -0.800. The average Bonchev–Trinajstić information content (AvgIpc) is 2.33. The SMILES string of the molecule is CC1(C)CCCC(CN)(Nc2cc(F)ccc2Cl)C1. The molecule has 3 N–H and O–H groups in total. The van der Waals surface area contributed by atoms with Crippen molar-refractivity contribution in [2.24, 2.45) is 11.1 Å². The summed E-state index contributed by atoms with van der Waals surface area (Å²) in [7, 11) is 0. The predicted molar refractivity (Wildman–Crippen MR) is 79.1 cm³/mol. The van der Waals surface area contributed by atoms with Crippen molar-refractivity contribution >= 4 is 17.3 Å². The van der Waals surface area contributed by atoms with Crippen molar-refractivity contribution in [3.05, 3.63) is 29.0 Å². The van der Waals surface area contributed by atoms with E-state index in [1.807, 2.05) is 0 Å². The van der Waals surface area contributed by atoms with E-state index in [1.165, 1.54) is 18.6 Å². The average molecular weight is 285 g/mol. The molecule has 1 aromatic rings. The molecule has 2 nitrogen and oxygen atoms in total. The Kier molecular flexibility index (Phi) is 4.07. The van der Waals surface area contributed by atoms with Crippen LogP contribution in [0.5, 0.6) is 0 Å². The first-order valence-corrected chi connectivity index (χ1v) is 7.17. The molecule has 0 bridgehead atoms. The van der Waals surface area contributed by atoms with E-state index < -0.39 is 0 Å². The Morgan fingerprint density at radius 1 is 1.37 bits per heavy atom. The molecule has 1 aliphatic rings. The minimum Gasteiger partial charge on any atom is -0.377 e. The maximum atomic E-state index is 13.4. The molecule has 0 amide bonds. The minimum absolute atomic E-state index is 0.181. The summed E-state index contributed by atoms with van der Waals surface area (Å²) in [6, 6.07) is 4.40. The molecule has 2 rings (SSSR count). The second-order valence-corrected chi connectivity index (χ2v) is 6.84. The van der Waals surface area contributed by atoms with Crippen LogP contribution in [0.3, 0.4) is 0 Å². The fraction of sp³-hybridized carbons (Fsp3) is 0.600. The van der Waals surface area contributed by atoms with Gasteiger partial charge in [0, 0.05) is 6.54 Å². The van der Waals surface area contributed by atoms with Crippen LogP contribution in [0.25, 0.3) is 0 Å². The van der Waals surface area contributed by atoms with Gasteiger partial charge in [0.15, 0.2) is 0 Å². The molecule has 106 valence electrons. The van der Waals surface area contributed by atoms with Gasteiger partial charge >= 0.3 is 0 Å². The summed E-state index contributed by atoms with van der Waals surface area (Å²) in [5.41, 5.74) is 6.71. The van der Waals surface area contributed by atoms with Gasteiger partial charge in [-0.2, -0.15) is 0 Å². The van der Waals surface area contributed by atoms with Crippen LogP contribution >= 0.6 is 11.6 Å². The molecule has 19 heavy (non-hydrogen) atoms. The van der Waals surface area contributed by atoms with Gasteiger partial charge in [0.05, 0.1) is 16.2 Å². The highest BCUT2D eigenvalue weighted by Crippen LogP contribution is 2.42. The van der Waals surface area contributed by atoms with E-state index >= 15 is 0 Å². The van der Waals surface area contributed by atoms with E-state index in [0.29, 0.717) is 17.3 Å². The van der Waals surface area contributed by atoms with Crippen molar-refractivity contribution in [3.63, 3.8) is 0 Å². The molecule has 0 radical (unpaired) electrons. The van der Waals surface area contributed by atoms with Crippen LogP contribution in [-0.4, -0.2) is 12.1 Å². The summed E-state index contributed by atoms with van der Waals surface area (Å²) in [5, 5.41) is 3.95. The number of benzene rings is 1. The van der Waals surface area contributed by atoms with E-state index in [0.717, 1.165) is 19.3 Å². The zero-order valence-corrected chi connectivity index (χ0v) is 12.4. The second kappa shape index (κ2) is 5.29. The largest absolute Gasteiger partial charge is 0.377 e. The molecule has 1 aliphatic carbocycles. The molecule has 0 aliphatic heterocycles. The highest BCUT2D eigenvalue weighted by atomic mass is 35.5. The smallest absolute Gasteiger partial charge is 0.125 e. The summed E-state index contributed by atoms with van der Waals surface area (Å²) in [6.45, 7) is 5.04. The molecule has 1 saturated carbocycles. The molecular formula is C15H22ClFN2. The molecule has 0 spiro atoms. The van der Waals surface area contributed by atoms with Crippen molar-refractivity contribution in [2.45, 2.75) is 45.1 Å². The van der Waals surface area contributed by atoms with Crippen molar-refractivity contribution in [3.8, 4) is 0 Å². The minimum atomic E-state index is -0.283. The maximum Gasteiger partial charge on any atom is 0.125 e. The Morgan fingerprint density at radius 2 is 2.11 bits per heavy atom. The summed E-state index contributed by atoms with van der Waals surface area (Å²) in [5.74, 6) is -0.283. The molecule has 1 atom stereocenters. The van der Waals surface area contributed by atoms with E-state index in [4.69, 9.17) is 17.3 Å². The first-order valence-electron chi connectivity index (χ1n) is 6.79. The summed E-state index contributed by atoms with van der Waals surface area (Å²) < 4.78 is 13.4. The topological polar surface area (TPSA) is 38.0 Å². The Labute approximate surface area is 119 Å². The van der Waals surface area contributed by atoms with Gasteiger partial charge in [-0.05, 0) is 42.9 Å². The lowest BCUT2D eigenvalue weighted by Crippen LogP contribution is -2.51. The second-order valence-electron chi connectivity index (χ2n) is 6.43. The Bertz CT molecular complexity index is 461.